The fraction of sp³-hybridized carbons (Fsp3) is 0.350. The Labute approximate surface area is 159 Å². The zero-order valence-electron chi connectivity index (χ0n) is 15.5. The molecule has 0 aliphatic heterocycles. The Morgan fingerprint density at radius 3 is 2.71 bits per heavy atom. The molecule has 0 radical (unpaired) electrons. The summed E-state index contributed by atoms with van der Waals surface area (Å²) in [6, 6.07) is 5.39. The molecule has 3 aromatic rings. The van der Waals surface area contributed by atoms with E-state index in [1.54, 1.807) is 17.7 Å². The van der Waals surface area contributed by atoms with Gasteiger partial charge in [0.1, 0.15) is 17.5 Å². The number of halogens is 3. The van der Waals surface area contributed by atoms with Crippen LogP contribution in [0.4, 0.5) is 19.0 Å². The van der Waals surface area contributed by atoms with Gasteiger partial charge in [0.05, 0.1) is 16.5 Å². The molecule has 4 rings (SSSR count). The van der Waals surface area contributed by atoms with Gasteiger partial charge >= 0.3 is 0 Å². The molecule has 0 spiro atoms. The van der Waals surface area contributed by atoms with Gasteiger partial charge in [-0.15, -0.1) is 0 Å². The van der Waals surface area contributed by atoms with Crippen LogP contribution in [0.3, 0.4) is 0 Å². The van der Waals surface area contributed by atoms with Crippen LogP contribution in [0.2, 0.25) is 0 Å². The molecule has 1 N–H and O–H groups in total. The summed E-state index contributed by atoms with van der Waals surface area (Å²) >= 11 is 0. The monoisotopic (exact) mass is 388 g/mol. The second-order valence-electron chi connectivity index (χ2n) is 7.37. The lowest BCUT2D eigenvalue weighted by atomic mass is 10.1. The van der Waals surface area contributed by atoms with Crippen molar-refractivity contribution in [2.75, 3.05) is 5.32 Å². The van der Waals surface area contributed by atoms with Gasteiger partial charge in [-0.3, -0.25) is 4.79 Å². The van der Waals surface area contributed by atoms with Crippen LogP contribution < -0.4 is 10.9 Å². The highest BCUT2D eigenvalue weighted by Crippen LogP contribution is 2.42. The van der Waals surface area contributed by atoms with Crippen LogP contribution in [-0.2, 0) is 12.1 Å². The molecule has 28 heavy (non-hydrogen) atoms. The van der Waals surface area contributed by atoms with Crippen molar-refractivity contribution in [1.82, 2.24) is 14.5 Å². The summed E-state index contributed by atoms with van der Waals surface area (Å²) in [5, 5.41) is 3.65. The molecule has 8 heteroatoms. The number of nitrogens with one attached hydrogen (secondary N) is 1. The molecule has 0 bridgehead atoms. The fourth-order valence-corrected chi connectivity index (χ4v) is 3.28. The van der Waals surface area contributed by atoms with Crippen LogP contribution in [0, 0.1) is 12.7 Å². The summed E-state index contributed by atoms with van der Waals surface area (Å²) in [4.78, 5) is 21.1. The van der Waals surface area contributed by atoms with Gasteiger partial charge in [0.25, 0.3) is 12.0 Å². The molecular weight excluding hydrogens is 369 g/mol. The number of alkyl halides is 2. The van der Waals surface area contributed by atoms with Crippen molar-refractivity contribution in [3.05, 3.63) is 63.6 Å². The Balaban J connectivity index is 1.73. The number of benzene rings is 1. The minimum atomic E-state index is -2.88. The standard InChI is InChI=1S/C20H19F3N4O/c1-11-25-15-8-16(28)27(20(2)6-7-20)10-14(15)19(26-11)24-9-12-4-3-5-13(17(12)21)18(22)23/h3-5,8,10,18H,6-7,9H2,1-2H3,(H,24,25,26). The molecule has 1 saturated carbocycles. The summed E-state index contributed by atoms with van der Waals surface area (Å²) in [5.74, 6) is -0.0450. The second-order valence-corrected chi connectivity index (χ2v) is 7.37. The first kappa shape index (κ1) is 18.5. The van der Waals surface area contributed by atoms with Crippen LogP contribution in [0.5, 0.6) is 0 Å². The van der Waals surface area contributed by atoms with Crippen molar-refractivity contribution < 1.29 is 13.2 Å². The van der Waals surface area contributed by atoms with E-state index >= 15 is 0 Å². The zero-order valence-corrected chi connectivity index (χ0v) is 15.5. The highest BCUT2D eigenvalue weighted by molar-refractivity contribution is 5.88. The topological polar surface area (TPSA) is 59.8 Å². The quantitative estimate of drug-likeness (QED) is 0.708. The number of aryl methyl sites for hydroxylation is 1. The molecule has 1 aliphatic rings. The predicted octanol–water partition coefficient (Wildman–Crippen LogP) is 4.30. The van der Waals surface area contributed by atoms with E-state index in [1.807, 2.05) is 6.92 Å². The Hall–Kier alpha value is -2.90. The van der Waals surface area contributed by atoms with Crippen molar-refractivity contribution in [3.8, 4) is 0 Å². The Bertz CT molecular complexity index is 1120. The van der Waals surface area contributed by atoms with Gasteiger partial charge in [-0.25, -0.2) is 23.1 Å². The maximum atomic E-state index is 14.3. The molecule has 1 aliphatic carbocycles. The molecule has 0 atom stereocenters. The number of hydrogen-bond donors (Lipinski definition) is 1. The first-order valence-corrected chi connectivity index (χ1v) is 8.99. The van der Waals surface area contributed by atoms with E-state index in [-0.39, 0.29) is 23.2 Å². The summed E-state index contributed by atoms with van der Waals surface area (Å²) < 4.78 is 41.8. The molecule has 2 heterocycles. The van der Waals surface area contributed by atoms with Crippen LogP contribution in [0.15, 0.2) is 35.3 Å². The number of anilines is 1. The molecule has 2 aromatic heterocycles. The summed E-state index contributed by atoms with van der Waals surface area (Å²) in [7, 11) is 0. The minimum absolute atomic E-state index is 0.0195. The average Bonchev–Trinajstić information content (AvgIpc) is 3.38. The number of hydrogen-bond acceptors (Lipinski definition) is 4. The largest absolute Gasteiger partial charge is 0.365 e. The predicted molar refractivity (Wildman–Crippen MR) is 100 cm³/mol. The first-order valence-electron chi connectivity index (χ1n) is 8.99. The Morgan fingerprint density at radius 2 is 2.04 bits per heavy atom. The highest BCUT2D eigenvalue weighted by Gasteiger charge is 2.40. The van der Waals surface area contributed by atoms with E-state index in [0.717, 1.165) is 18.9 Å². The molecule has 0 saturated heterocycles. The highest BCUT2D eigenvalue weighted by atomic mass is 19.3. The Kier molecular flexibility index (Phi) is 4.36. The fourth-order valence-electron chi connectivity index (χ4n) is 3.28. The zero-order chi connectivity index (χ0) is 20.1. The van der Waals surface area contributed by atoms with E-state index < -0.39 is 17.8 Å². The van der Waals surface area contributed by atoms with E-state index in [9.17, 15) is 18.0 Å². The molecule has 5 nitrogen and oxygen atoms in total. The molecule has 146 valence electrons. The van der Waals surface area contributed by atoms with Crippen molar-refractivity contribution in [1.29, 1.82) is 0 Å². The van der Waals surface area contributed by atoms with Gasteiger partial charge < -0.3 is 9.88 Å². The van der Waals surface area contributed by atoms with E-state index in [0.29, 0.717) is 22.5 Å². The average molecular weight is 388 g/mol. The maximum Gasteiger partial charge on any atom is 0.266 e. The summed E-state index contributed by atoms with van der Waals surface area (Å²) in [6.07, 6.45) is 0.674. The third-order valence-corrected chi connectivity index (χ3v) is 5.19. The van der Waals surface area contributed by atoms with Gasteiger partial charge in [-0.05, 0) is 26.7 Å². The number of nitrogens with zero attached hydrogens (tertiary/aromatic N) is 3. The normalized spacial score (nSPS) is 15.2. The molecule has 1 aromatic carbocycles. The van der Waals surface area contributed by atoms with Crippen molar-refractivity contribution >= 4 is 16.7 Å². The smallest absolute Gasteiger partial charge is 0.266 e. The van der Waals surface area contributed by atoms with E-state index in [4.69, 9.17) is 0 Å². The van der Waals surface area contributed by atoms with Crippen molar-refractivity contribution in [2.24, 2.45) is 0 Å². The molecule has 0 amide bonds. The third kappa shape index (κ3) is 3.23. The van der Waals surface area contributed by atoms with E-state index in [2.05, 4.69) is 15.3 Å². The van der Waals surface area contributed by atoms with Crippen LogP contribution in [0.1, 0.15) is 43.1 Å². The van der Waals surface area contributed by atoms with Gasteiger partial charge in [-0.2, -0.15) is 0 Å². The lowest BCUT2D eigenvalue weighted by molar-refractivity contribution is 0.146. The van der Waals surface area contributed by atoms with Crippen molar-refractivity contribution in [3.63, 3.8) is 0 Å². The number of rotatable bonds is 5. The first-order chi connectivity index (χ1) is 13.3. The number of aromatic nitrogens is 3. The van der Waals surface area contributed by atoms with E-state index in [1.165, 1.54) is 18.2 Å². The summed E-state index contributed by atoms with van der Waals surface area (Å²) in [6.45, 7) is 3.68. The van der Waals surface area contributed by atoms with Gasteiger partial charge in [0.2, 0.25) is 0 Å². The minimum Gasteiger partial charge on any atom is -0.365 e. The molecule has 0 unspecified atom stereocenters. The van der Waals surface area contributed by atoms with Crippen LogP contribution >= 0.6 is 0 Å². The van der Waals surface area contributed by atoms with Gasteiger partial charge in [-0.1, -0.05) is 18.2 Å². The third-order valence-electron chi connectivity index (χ3n) is 5.19. The SMILES string of the molecule is Cc1nc(NCc2cccc(C(F)F)c2F)c2cn(C3(C)CC3)c(=O)cc2n1. The molecule has 1 fully saturated rings. The number of pyridine rings is 1. The number of fused-ring (bicyclic) bond motifs is 1. The van der Waals surface area contributed by atoms with Crippen LogP contribution in [-0.4, -0.2) is 14.5 Å². The van der Waals surface area contributed by atoms with Crippen LogP contribution in [0.25, 0.3) is 10.9 Å². The summed E-state index contributed by atoms with van der Waals surface area (Å²) in [5.41, 5.74) is -0.358. The lowest BCUT2D eigenvalue weighted by Gasteiger charge is -2.16. The Morgan fingerprint density at radius 1 is 1.29 bits per heavy atom. The maximum absolute atomic E-state index is 14.3. The van der Waals surface area contributed by atoms with Gasteiger partial charge in [0, 0.05) is 29.9 Å². The second kappa shape index (κ2) is 6.61. The molecular formula is C20H19F3N4O. The lowest BCUT2D eigenvalue weighted by Crippen LogP contribution is -2.27. The van der Waals surface area contributed by atoms with Gasteiger partial charge in [0.15, 0.2) is 0 Å². The van der Waals surface area contributed by atoms with Crippen molar-refractivity contribution in [2.45, 2.75) is 45.2 Å².